The first-order valence-corrected chi connectivity index (χ1v) is 8.04. The van der Waals surface area contributed by atoms with E-state index in [1.54, 1.807) is 4.90 Å². The maximum Gasteiger partial charge on any atom is 0.224 e. The molecule has 0 saturated carbocycles. The lowest BCUT2D eigenvalue weighted by molar-refractivity contribution is -0.135. The van der Waals surface area contributed by atoms with Gasteiger partial charge in [0.2, 0.25) is 15.9 Å². The fourth-order valence-corrected chi connectivity index (χ4v) is 3.89. The summed E-state index contributed by atoms with van der Waals surface area (Å²) in [5, 5.41) is 0. The van der Waals surface area contributed by atoms with Crippen molar-refractivity contribution in [1.82, 2.24) is 9.21 Å². The molecule has 2 rings (SSSR count). The third-order valence-electron chi connectivity index (χ3n) is 3.39. The van der Waals surface area contributed by atoms with Gasteiger partial charge in [0, 0.05) is 32.6 Å². The number of carbonyl (C=O) groups excluding carboxylic acids is 1. The first-order valence-electron chi connectivity index (χ1n) is 6.43. The molecule has 2 saturated heterocycles. The smallest absolute Gasteiger partial charge is 0.224 e. The average molecular weight is 276 g/mol. The highest BCUT2D eigenvalue weighted by Gasteiger charge is 2.26. The van der Waals surface area contributed by atoms with Crippen LogP contribution in [0.1, 0.15) is 19.3 Å². The number of hydrogen-bond donors (Lipinski definition) is 0. The summed E-state index contributed by atoms with van der Waals surface area (Å²) in [5.74, 6) is 0.248. The lowest BCUT2D eigenvalue weighted by Crippen LogP contribution is -2.44. The minimum atomic E-state index is -3.11. The normalized spacial score (nSPS) is 25.0. The molecule has 18 heavy (non-hydrogen) atoms. The fraction of sp³-hybridized carbons (Fsp3) is 0.909. The van der Waals surface area contributed by atoms with Crippen molar-refractivity contribution >= 4 is 15.9 Å². The number of morpholine rings is 1. The number of nitrogens with zero attached hydrogens (tertiary/aromatic N) is 2. The second kappa shape index (κ2) is 5.99. The Morgan fingerprint density at radius 1 is 1.11 bits per heavy atom. The van der Waals surface area contributed by atoms with Crippen molar-refractivity contribution in [2.45, 2.75) is 19.3 Å². The zero-order valence-electron chi connectivity index (χ0n) is 10.5. The molecule has 0 bridgehead atoms. The molecule has 0 aromatic heterocycles. The summed E-state index contributed by atoms with van der Waals surface area (Å²) in [4.78, 5) is 13.7. The fourth-order valence-electron chi connectivity index (χ4n) is 2.28. The van der Waals surface area contributed by atoms with Gasteiger partial charge in [-0.15, -0.1) is 0 Å². The number of rotatable bonds is 3. The molecule has 104 valence electrons. The van der Waals surface area contributed by atoms with Crippen molar-refractivity contribution in [2.75, 3.05) is 45.1 Å². The Hall–Kier alpha value is -0.660. The van der Waals surface area contributed by atoms with E-state index in [4.69, 9.17) is 4.74 Å². The molecule has 2 heterocycles. The van der Waals surface area contributed by atoms with Crippen molar-refractivity contribution in [3.8, 4) is 0 Å². The summed E-state index contributed by atoms with van der Waals surface area (Å²) in [6.45, 7) is 3.26. The zero-order valence-corrected chi connectivity index (χ0v) is 11.3. The van der Waals surface area contributed by atoms with Gasteiger partial charge in [-0.2, -0.15) is 0 Å². The van der Waals surface area contributed by atoms with Crippen LogP contribution in [0.25, 0.3) is 0 Å². The first kappa shape index (κ1) is 13.8. The minimum absolute atomic E-state index is 0.0269. The molecule has 1 amide bonds. The highest BCUT2D eigenvalue weighted by atomic mass is 32.2. The van der Waals surface area contributed by atoms with Crippen molar-refractivity contribution in [3.05, 3.63) is 0 Å². The lowest BCUT2D eigenvalue weighted by Gasteiger charge is -2.29. The van der Waals surface area contributed by atoms with Crippen LogP contribution in [0.2, 0.25) is 0 Å². The zero-order chi connectivity index (χ0) is 13.0. The highest BCUT2D eigenvalue weighted by molar-refractivity contribution is 7.89. The molecule has 0 aromatic carbocycles. The SMILES string of the molecule is O=C(CCN1CCCCS1(=O)=O)N1CCOCC1. The summed E-state index contributed by atoms with van der Waals surface area (Å²) in [6.07, 6.45) is 1.90. The van der Waals surface area contributed by atoms with Crippen LogP contribution >= 0.6 is 0 Å². The predicted molar refractivity (Wildman–Crippen MR) is 66.6 cm³/mol. The number of hydrogen-bond acceptors (Lipinski definition) is 4. The van der Waals surface area contributed by atoms with E-state index < -0.39 is 10.0 Å². The minimum Gasteiger partial charge on any atom is -0.378 e. The number of amides is 1. The monoisotopic (exact) mass is 276 g/mol. The van der Waals surface area contributed by atoms with Crippen LogP contribution in [-0.2, 0) is 19.6 Å². The van der Waals surface area contributed by atoms with Crippen LogP contribution in [-0.4, -0.2) is 68.7 Å². The summed E-state index contributed by atoms with van der Waals surface area (Å²) in [7, 11) is -3.11. The molecule has 2 aliphatic rings. The third-order valence-corrected chi connectivity index (χ3v) is 5.35. The summed E-state index contributed by atoms with van der Waals surface area (Å²) < 4.78 is 30.1. The van der Waals surface area contributed by atoms with Crippen LogP contribution in [0.5, 0.6) is 0 Å². The Bertz CT molecular complexity index is 390. The molecule has 0 aromatic rings. The maximum absolute atomic E-state index is 11.9. The Morgan fingerprint density at radius 2 is 1.83 bits per heavy atom. The number of sulfonamides is 1. The van der Waals surface area contributed by atoms with E-state index in [1.165, 1.54) is 4.31 Å². The van der Waals surface area contributed by atoms with Crippen LogP contribution in [0.4, 0.5) is 0 Å². The van der Waals surface area contributed by atoms with E-state index in [1.807, 2.05) is 0 Å². The van der Waals surface area contributed by atoms with Gasteiger partial charge in [0.25, 0.3) is 0 Å². The molecule has 0 aliphatic carbocycles. The predicted octanol–water partition coefficient (Wildman–Crippen LogP) is -0.339. The molecule has 0 unspecified atom stereocenters. The van der Waals surface area contributed by atoms with Crippen LogP contribution < -0.4 is 0 Å². The van der Waals surface area contributed by atoms with E-state index in [9.17, 15) is 13.2 Å². The molecule has 2 aliphatic heterocycles. The molecule has 0 spiro atoms. The Balaban J connectivity index is 1.81. The molecule has 2 fully saturated rings. The van der Waals surface area contributed by atoms with Crippen molar-refractivity contribution in [2.24, 2.45) is 0 Å². The van der Waals surface area contributed by atoms with E-state index in [-0.39, 0.29) is 18.1 Å². The quantitative estimate of drug-likeness (QED) is 0.707. The second-order valence-electron chi connectivity index (χ2n) is 4.67. The van der Waals surface area contributed by atoms with Crippen molar-refractivity contribution in [1.29, 1.82) is 0 Å². The molecule has 7 heteroatoms. The highest BCUT2D eigenvalue weighted by Crippen LogP contribution is 2.14. The molecule has 6 nitrogen and oxygen atoms in total. The topological polar surface area (TPSA) is 66.9 Å². The summed E-state index contributed by atoms with van der Waals surface area (Å²) in [6, 6.07) is 0. The number of carbonyl (C=O) groups is 1. The second-order valence-corrected chi connectivity index (χ2v) is 6.75. The largest absolute Gasteiger partial charge is 0.378 e. The van der Waals surface area contributed by atoms with Gasteiger partial charge < -0.3 is 9.64 Å². The van der Waals surface area contributed by atoms with Gasteiger partial charge in [-0.1, -0.05) is 0 Å². The molecule has 0 atom stereocenters. The Morgan fingerprint density at radius 3 is 2.50 bits per heavy atom. The van der Waals surface area contributed by atoms with Crippen LogP contribution in [0.3, 0.4) is 0 Å². The third kappa shape index (κ3) is 3.43. The Labute approximate surface area is 108 Å². The maximum atomic E-state index is 11.9. The van der Waals surface area contributed by atoms with E-state index in [2.05, 4.69) is 0 Å². The van der Waals surface area contributed by atoms with Gasteiger partial charge in [-0.3, -0.25) is 4.79 Å². The van der Waals surface area contributed by atoms with Gasteiger partial charge in [0.05, 0.1) is 19.0 Å². The Kier molecular flexibility index (Phi) is 4.58. The lowest BCUT2D eigenvalue weighted by atomic mass is 10.3. The molecule has 0 radical (unpaired) electrons. The van der Waals surface area contributed by atoms with Crippen LogP contribution in [0, 0.1) is 0 Å². The molecular weight excluding hydrogens is 256 g/mol. The van der Waals surface area contributed by atoms with Gasteiger partial charge >= 0.3 is 0 Å². The van der Waals surface area contributed by atoms with Gasteiger partial charge in [0.1, 0.15) is 0 Å². The van der Waals surface area contributed by atoms with Crippen molar-refractivity contribution in [3.63, 3.8) is 0 Å². The first-order chi connectivity index (χ1) is 8.59. The average Bonchev–Trinajstić information content (AvgIpc) is 2.38. The van der Waals surface area contributed by atoms with Crippen molar-refractivity contribution < 1.29 is 17.9 Å². The molecular formula is C11H20N2O4S. The van der Waals surface area contributed by atoms with Gasteiger partial charge in [-0.25, -0.2) is 12.7 Å². The molecule has 0 N–H and O–H groups in total. The van der Waals surface area contributed by atoms with E-state index in [0.29, 0.717) is 39.4 Å². The van der Waals surface area contributed by atoms with Crippen LogP contribution in [0.15, 0.2) is 0 Å². The standard InChI is InChI=1S/C11H20N2O4S/c14-11(12-6-8-17-9-7-12)3-5-13-4-1-2-10-18(13,15)16/h1-10H2. The van der Waals surface area contributed by atoms with E-state index in [0.717, 1.165) is 12.8 Å². The summed E-state index contributed by atoms with van der Waals surface area (Å²) >= 11 is 0. The van der Waals surface area contributed by atoms with Gasteiger partial charge in [-0.05, 0) is 12.8 Å². The van der Waals surface area contributed by atoms with Gasteiger partial charge in [0.15, 0.2) is 0 Å². The summed E-state index contributed by atoms with van der Waals surface area (Å²) in [5.41, 5.74) is 0. The van der Waals surface area contributed by atoms with E-state index >= 15 is 0 Å². The number of ether oxygens (including phenoxy) is 1.